The molecule has 0 N–H and O–H groups in total. The van der Waals surface area contributed by atoms with Gasteiger partial charge >= 0.3 is 0 Å². The second-order valence-corrected chi connectivity index (χ2v) is 7.10. The monoisotopic (exact) mass is 431 g/mol. The van der Waals surface area contributed by atoms with E-state index in [4.69, 9.17) is 13.7 Å². The highest BCUT2D eigenvalue weighted by Gasteiger charge is 2.34. The van der Waals surface area contributed by atoms with E-state index in [1.807, 2.05) is 36.1 Å². The number of carbonyl (C=O) groups excluding carboxylic acids is 1. The van der Waals surface area contributed by atoms with Crippen molar-refractivity contribution in [2.75, 3.05) is 13.2 Å². The topological polar surface area (TPSA) is 81.6 Å². The SMILES string of the molecule is CCOc1cccc(CN2CC(c3noc(-c4ccc(Br)o4)n3)CC2=O)c1. The molecule has 0 saturated carbocycles. The number of hydrogen-bond acceptors (Lipinski definition) is 6. The lowest BCUT2D eigenvalue weighted by molar-refractivity contribution is -0.128. The maximum atomic E-state index is 12.4. The fraction of sp³-hybridized carbons (Fsp3) is 0.316. The summed E-state index contributed by atoms with van der Waals surface area (Å²) in [6, 6.07) is 11.3. The normalized spacial score (nSPS) is 16.9. The molecule has 3 heterocycles. The molecule has 1 atom stereocenters. The van der Waals surface area contributed by atoms with Crippen LogP contribution in [0.3, 0.4) is 0 Å². The molecule has 2 aromatic heterocycles. The van der Waals surface area contributed by atoms with Crippen molar-refractivity contribution >= 4 is 21.8 Å². The van der Waals surface area contributed by atoms with Crippen LogP contribution >= 0.6 is 15.9 Å². The molecule has 1 saturated heterocycles. The second kappa shape index (κ2) is 7.56. The van der Waals surface area contributed by atoms with Crippen LogP contribution in [-0.4, -0.2) is 34.1 Å². The van der Waals surface area contributed by atoms with Crippen molar-refractivity contribution in [3.8, 4) is 17.4 Å². The lowest BCUT2D eigenvalue weighted by atomic mass is 10.1. The van der Waals surface area contributed by atoms with Crippen molar-refractivity contribution in [2.45, 2.75) is 25.8 Å². The van der Waals surface area contributed by atoms with Gasteiger partial charge in [0.25, 0.3) is 5.89 Å². The molecule has 140 valence electrons. The number of furan rings is 1. The third-order valence-electron chi connectivity index (χ3n) is 4.39. The highest BCUT2D eigenvalue weighted by Crippen LogP contribution is 2.30. The van der Waals surface area contributed by atoms with E-state index in [9.17, 15) is 4.79 Å². The minimum atomic E-state index is -0.0940. The van der Waals surface area contributed by atoms with Gasteiger partial charge in [0.2, 0.25) is 5.91 Å². The van der Waals surface area contributed by atoms with Crippen molar-refractivity contribution in [1.82, 2.24) is 15.0 Å². The largest absolute Gasteiger partial charge is 0.494 e. The van der Waals surface area contributed by atoms with Crippen molar-refractivity contribution in [1.29, 1.82) is 0 Å². The molecule has 27 heavy (non-hydrogen) atoms. The van der Waals surface area contributed by atoms with Crippen LogP contribution < -0.4 is 4.74 Å². The smallest absolute Gasteiger partial charge is 0.293 e. The molecule has 1 unspecified atom stereocenters. The van der Waals surface area contributed by atoms with Gasteiger partial charge in [0.15, 0.2) is 16.3 Å². The Bertz CT molecular complexity index is 952. The van der Waals surface area contributed by atoms with E-state index >= 15 is 0 Å². The first-order chi connectivity index (χ1) is 13.1. The van der Waals surface area contributed by atoms with E-state index < -0.39 is 0 Å². The molecule has 0 spiro atoms. The summed E-state index contributed by atoms with van der Waals surface area (Å²) < 4.78 is 16.8. The number of halogens is 1. The zero-order valence-corrected chi connectivity index (χ0v) is 16.3. The third kappa shape index (κ3) is 3.90. The lowest BCUT2D eigenvalue weighted by Gasteiger charge is -2.16. The average molecular weight is 432 g/mol. The highest BCUT2D eigenvalue weighted by molar-refractivity contribution is 9.10. The van der Waals surface area contributed by atoms with Gasteiger partial charge in [-0.15, -0.1) is 0 Å². The van der Waals surface area contributed by atoms with Gasteiger partial charge in [-0.25, -0.2) is 0 Å². The first-order valence-electron chi connectivity index (χ1n) is 8.71. The molecular weight excluding hydrogens is 414 g/mol. The van der Waals surface area contributed by atoms with Crippen molar-refractivity contribution in [3.63, 3.8) is 0 Å². The molecule has 0 radical (unpaired) electrons. The summed E-state index contributed by atoms with van der Waals surface area (Å²) in [4.78, 5) is 18.7. The van der Waals surface area contributed by atoms with Crippen molar-refractivity contribution in [2.24, 2.45) is 0 Å². The second-order valence-electron chi connectivity index (χ2n) is 6.32. The number of aromatic nitrogens is 2. The van der Waals surface area contributed by atoms with E-state index in [0.717, 1.165) is 11.3 Å². The number of nitrogens with zero attached hydrogens (tertiary/aromatic N) is 3. The third-order valence-corrected chi connectivity index (χ3v) is 4.81. The number of carbonyl (C=O) groups is 1. The molecule has 1 fully saturated rings. The molecular formula is C19H18BrN3O4. The Kier molecular flexibility index (Phi) is 4.98. The Morgan fingerprint density at radius 3 is 3.00 bits per heavy atom. The molecule has 3 aromatic rings. The van der Waals surface area contributed by atoms with Crippen molar-refractivity contribution in [3.05, 3.63) is 52.5 Å². The predicted octanol–water partition coefficient (Wildman–Crippen LogP) is 4.01. The van der Waals surface area contributed by atoms with Gasteiger partial charge in [0.05, 0.1) is 6.61 Å². The summed E-state index contributed by atoms with van der Waals surface area (Å²) in [5.74, 6) is 2.12. The number of likely N-dealkylation sites (tertiary alicyclic amines) is 1. The maximum Gasteiger partial charge on any atom is 0.293 e. The van der Waals surface area contributed by atoms with Gasteiger partial charge < -0.3 is 18.6 Å². The average Bonchev–Trinajstić information content (AvgIpc) is 3.36. The van der Waals surface area contributed by atoms with Crippen LogP contribution in [-0.2, 0) is 11.3 Å². The summed E-state index contributed by atoms with van der Waals surface area (Å²) in [5.41, 5.74) is 1.03. The number of ether oxygens (including phenoxy) is 1. The number of rotatable bonds is 6. The minimum absolute atomic E-state index is 0.0777. The fourth-order valence-electron chi connectivity index (χ4n) is 3.15. The molecule has 1 aromatic carbocycles. The summed E-state index contributed by atoms with van der Waals surface area (Å²) in [6.45, 7) is 3.65. The molecule has 7 nitrogen and oxygen atoms in total. The van der Waals surface area contributed by atoms with Crippen molar-refractivity contribution < 1.29 is 18.5 Å². The maximum absolute atomic E-state index is 12.4. The van der Waals surface area contributed by atoms with Gasteiger partial charge in [-0.3, -0.25) is 4.79 Å². The predicted molar refractivity (Wildman–Crippen MR) is 100 cm³/mol. The van der Waals surface area contributed by atoms with E-state index in [-0.39, 0.29) is 11.8 Å². The first-order valence-corrected chi connectivity index (χ1v) is 9.50. The van der Waals surface area contributed by atoms with Gasteiger partial charge in [0.1, 0.15) is 5.75 Å². The molecule has 0 bridgehead atoms. The zero-order valence-electron chi connectivity index (χ0n) is 14.7. The Hall–Kier alpha value is -2.61. The van der Waals surface area contributed by atoms with E-state index in [0.29, 0.717) is 48.3 Å². The van der Waals surface area contributed by atoms with Crippen LogP contribution in [0.2, 0.25) is 0 Å². The van der Waals surface area contributed by atoms with Crippen LogP contribution in [0.1, 0.15) is 30.7 Å². The molecule has 1 amide bonds. The van der Waals surface area contributed by atoms with Crippen LogP contribution in [0.25, 0.3) is 11.7 Å². The molecule has 0 aliphatic carbocycles. The molecule has 4 rings (SSSR count). The Balaban J connectivity index is 1.45. The summed E-state index contributed by atoms with van der Waals surface area (Å²) in [7, 11) is 0. The minimum Gasteiger partial charge on any atom is -0.494 e. The van der Waals surface area contributed by atoms with Gasteiger partial charge in [-0.1, -0.05) is 17.3 Å². The lowest BCUT2D eigenvalue weighted by Crippen LogP contribution is -2.24. The fourth-order valence-corrected chi connectivity index (χ4v) is 3.46. The number of hydrogen-bond donors (Lipinski definition) is 0. The van der Waals surface area contributed by atoms with Gasteiger partial charge in [0, 0.05) is 25.4 Å². The Morgan fingerprint density at radius 2 is 2.22 bits per heavy atom. The summed E-state index contributed by atoms with van der Waals surface area (Å²) in [5, 5.41) is 4.04. The quantitative estimate of drug-likeness (QED) is 0.586. The molecule has 8 heteroatoms. The van der Waals surface area contributed by atoms with Crippen LogP contribution in [0.4, 0.5) is 0 Å². The van der Waals surface area contributed by atoms with Crippen LogP contribution in [0, 0.1) is 0 Å². The summed E-state index contributed by atoms with van der Waals surface area (Å²) in [6.07, 6.45) is 0.367. The molecule has 1 aliphatic rings. The number of benzene rings is 1. The zero-order chi connectivity index (χ0) is 18.8. The standard InChI is InChI=1S/C19H18BrN3O4/c1-2-25-14-5-3-4-12(8-14)10-23-11-13(9-17(23)24)18-21-19(27-22-18)15-6-7-16(20)26-15/h3-8,13H,2,9-11H2,1H3. The first kappa shape index (κ1) is 17.8. The molecule has 1 aliphatic heterocycles. The summed E-state index contributed by atoms with van der Waals surface area (Å²) >= 11 is 3.25. The van der Waals surface area contributed by atoms with E-state index in [1.54, 1.807) is 12.1 Å². The Labute approximate surface area is 164 Å². The highest BCUT2D eigenvalue weighted by atomic mass is 79.9. The van der Waals surface area contributed by atoms with Crippen LogP contribution in [0.15, 0.2) is 50.0 Å². The van der Waals surface area contributed by atoms with E-state index in [2.05, 4.69) is 26.1 Å². The Morgan fingerprint density at radius 1 is 1.33 bits per heavy atom. The number of amides is 1. The van der Waals surface area contributed by atoms with Gasteiger partial charge in [-0.2, -0.15) is 4.98 Å². The van der Waals surface area contributed by atoms with Gasteiger partial charge in [-0.05, 0) is 52.7 Å². The van der Waals surface area contributed by atoms with E-state index in [1.165, 1.54) is 0 Å². The van der Waals surface area contributed by atoms with Crippen LogP contribution in [0.5, 0.6) is 5.75 Å².